The average molecular weight is 396 g/mol. The van der Waals surface area contributed by atoms with E-state index in [2.05, 4.69) is 10.4 Å². The first-order chi connectivity index (χ1) is 13.9. The molecule has 0 saturated heterocycles. The third-order valence-electron chi connectivity index (χ3n) is 6.51. The fraction of sp³-hybridized carbons (Fsp3) is 0.522. The first kappa shape index (κ1) is 19.7. The number of aromatic nitrogens is 2. The predicted octanol–water partition coefficient (Wildman–Crippen LogP) is 4.11. The van der Waals surface area contributed by atoms with Crippen LogP contribution in [0.3, 0.4) is 0 Å². The Morgan fingerprint density at radius 1 is 1.14 bits per heavy atom. The molecule has 6 heteroatoms. The fourth-order valence-electron chi connectivity index (χ4n) is 4.98. The molecule has 1 aromatic carbocycles. The normalized spacial score (nSPS) is 22.7. The topological polar surface area (TPSA) is 73.2 Å². The van der Waals surface area contributed by atoms with Gasteiger partial charge in [-0.25, -0.2) is 4.68 Å². The summed E-state index contributed by atoms with van der Waals surface area (Å²) in [6.07, 6.45) is 5.41. The highest BCUT2D eigenvalue weighted by atomic mass is 16.5. The van der Waals surface area contributed by atoms with Crippen LogP contribution in [0.15, 0.2) is 24.3 Å². The standard InChI is InChI=1S/C23H29N3O3/c1-14-4-8-20(9-5-14)26-16(3)23(15(2)25-26)24-21(27)13-29-22(28)12-19-11-17-6-7-18(19)10-17/h4-5,8-9,17-19H,6-7,10-13H2,1-3H3,(H,24,27)/t17-,18+,19+/m0/s1. The summed E-state index contributed by atoms with van der Waals surface area (Å²) in [6.45, 7) is 5.55. The molecule has 6 nitrogen and oxygen atoms in total. The number of amides is 1. The first-order valence-corrected chi connectivity index (χ1v) is 10.5. The molecular weight excluding hydrogens is 366 g/mol. The van der Waals surface area contributed by atoms with Crippen molar-refractivity contribution in [2.45, 2.75) is 52.9 Å². The molecule has 2 aromatic rings. The molecule has 2 aliphatic carbocycles. The summed E-state index contributed by atoms with van der Waals surface area (Å²) in [5.74, 6) is 1.33. The fourth-order valence-corrected chi connectivity index (χ4v) is 4.98. The van der Waals surface area contributed by atoms with Crippen LogP contribution in [-0.2, 0) is 14.3 Å². The van der Waals surface area contributed by atoms with Crippen molar-refractivity contribution in [1.29, 1.82) is 0 Å². The van der Waals surface area contributed by atoms with E-state index in [4.69, 9.17) is 4.74 Å². The summed E-state index contributed by atoms with van der Waals surface area (Å²) >= 11 is 0. The van der Waals surface area contributed by atoms with Gasteiger partial charge in [-0.15, -0.1) is 0 Å². The molecule has 2 aliphatic rings. The molecule has 4 rings (SSSR count). The number of carbonyl (C=O) groups excluding carboxylic acids is 2. The molecule has 0 aliphatic heterocycles. The van der Waals surface area contributed by atoms with Crippen molar-refractivity contribution in [1.82, 2.24) is 9.78 Å². The number of benzene rings is 1. The second-order valence-electron chi connectivity index (χ2n) is 8.64. The van der Waals surface area contributed by atoms with Crippen LogP contribution >= 0.6 is 0 Å². The molecule has 2 fully saturated rings. The minimum absolute atomic E-state index is 0.256. The molecule has 1 N–H and O–H groups in total. The number of anilines is 1. The van der Waals surface area contributed by atoms with Crippen LogP contribution in [0, 0.1) is 38.5 Å². The number of hydrogen-bond acceptors (Lipinski definition) is 4. The zero-order valence-electron chi connectivity index (χ0n) is 17.4. The molecule has 3 atom stereocenters. The number of esters is 1. The lowest BCUT2D eigenvalue weighted by molar-refractivity contribution is -0.148. The van der Waals surface area contributed by atoms with Gasteiger partial charge >= 0.3 is 5.97 Å². The monoisotopic (exact) mass is 395 g/mol. The molecule has 0 spiro atoms. The van der Waals surface area contributed by atoms with Crippen molar-refractivity contribution < 1.29 is 14.3 Å². The maximum absolute atomic E-state index is 12.4. The Kier molecular flexibility index (Phi) is 5.43. The molecule has 0 radical (unpaired) electrons. The summed E-state index contributed by atoms with van der Waals surface area (Å²) in [5, 5.41) is 7.40. The van der Waals surface area contributed by atoms with Crippen LogP contribution < -0.4 is 5.32 Å². The second-order valence-corrected chi connectivity index (χ2v) is 8.64. The minimum Gasteiger partial charge on any atom is -0.456 e. The van der Waals surface area contributed by atoms with Crippen LogP contribution in [0.1, 0.15) is 49.1 Å². The van der Waals surface area contributed by atoms with E-state index in [1.54, 1.807) is 0 Å². The lowest BCUT2D eigenvalue weighted by Crippen LogP contribution is -2.23. The highest BCUT2D eigenvalue weighted by molar-refractivity contribution is 5.93. The Bertz CT molecular complexity index is 916. The zero-order valence-corrected chi connectivity index (χ0v) is 17.4. The van der Waals surface area contributed by atoms with Gasteiger partial charge in [0.2, 0.25) is 0 Å². The summed E-state index contributed by atoms with van der Waals surface area (Å²) < 4.78 is 7.06. The number of hydrogen-bond donors (Lipinski definition) is 1. The van der Waals surface area contributed by atoms with Gasteiger partial charge < -0.3 is 10.1 Å². The Labute approximate surface area is 171 Å². The van der Waals surface area contributed by atoms with Gasteiger partial charge in [0.25, 0.3) is 5.91 Å². The molecule has 29 heavy (non-hydrogen) atoms. The van der Waals surface area contributed by atoms with E-state index in [1.807, 2.05) is 49.7 Å². The first-order valence-electron chi connectivity index (χ1n) is 10.5. The molecule has 154 valence electrons. The Hall–Kier alpha value is -2.63. The third kappa shape index (κ3) is 4.21. The number of ether oxygens (including phenoxy) is 1. The smallest absolute Gasteiger partial charge is 0.306 e. The van der Waals surface area contributed by atoms with E-state index in [0.29, 0.717) is 23.9 Å². The number of aryl methyl sites for hydroxylation is 2. The van der Waals surface area contributed by atoms with Crippen LogP contribution in [0.25, 0.3) is 5.69 Å². The SMILES string of the molecule is Cc1ccc(-n2nc(C)c(NC(=O)COC(=O)C[C@H]3C[C@H]4CC[C@@H]3C4)c2C)cc1. The number of nitrogens with one attached hydrogen (secondary N) is 1. The van der Waals surface area contributed by atoms with E-state index < -0.39 is 0 Å². The van der Waals surface area contributed by atoms with Crippen molar-refractivity contribution in [3.8, 4) is 5.69 Å². The van der Waals surface area contributed by atoms with Crippen LogP contribution in [-0.4, -0.2) is 28.3 Å². The van der Waals surface area contributed by atoms with E-state index >= 15 is 0 Å². The number of carbonyl (C=O) groups is 2. The van der Waals surface area contributed by atoms with Crippen LogP contribution in [0.5, 0.6) is 0 Å². The molecule has 2 bridgehead atoms. The Balaban J connectivity index is 1.32. The average Bonchev–Trinajstić information content (AvgIpc) is 3.38. The van der Waals surface area contributed by atoms with Crippen LogP contribution in [0.4, 0.5) is 5.69 Å². The maximum Gasteiger partial charge on any atom is 0.306 e. The van der Waals surface area contributed by atoms with Gasteiger partial charge in [-0.3, -0.25) is 9.59 Å². The van der Waals surface area contributed by atoms with Crippen LogP contribution in [0.2, 0.25) is 0 Å². The van der Waals surface area contributed by atoms with Crippen molar-refractivity contribution in [2.75, 3.05) is 11.9 Å². The third-order valence-corrected chi connectivity index (χ3v) is 6.51. The molecule has 1 amide bonds. The van der Waals surface area contributed by atoms with Gasteiger partial charge in [0, 0.05) is 6.42 Å². The Morgan fingerprint density at radius 3 is 2.55 bits per heavy atom. The predicted molar refractivity (Wildman–Crippen MR) is 111 cm³/mol. The van der Waals surface area contributed by atoms with Gasteiger partial charge in [0.05, 0.1) is 22.8 Å². The lowest BCUT2D eigenvalue weighted by atomic mass is 9.86. The molecule has 2 saturated carbocycles. The summed E-state index contributed by atoms with van der Waals surface area (Å²) in [4.78, 5) is 24.5. The van der Waals surface area contributed by atoms with Gasteiger partial charge in [-0.2, -0.15) is 5.10 Å². The summed E-state index contributed by atoms with van der Waals surface area (Å²) in [7, 11) is 0. The van der Waals surface area contributed by atoms with Gasteiger partial charge in [-0.1, -0.05) is 24.1 Å². The molecule has 1 aromatic heterocycles. The van der Waals surface area contributed by atoms with Gasteiger partial charge in [0.15, 0.2) is 6.61 Å². The van der Waals surface area contributed by atoms with Gasteiger partial charge in [-0.05, 0) is 69.9 Å². The van der Waals surface area contributed by atoms with Crippen molar-refractivity contribution in [3.05, 3.63) is 41.2 Å². The quantitative estimate of drug-likeness (QED) is 0.747. The summed E-state index contributed by atoms with van der Waals surface area (Å²) in [5.41, 5.74) is 4.35. The van der Waals surface area contributed by atoms with E-state index in [0.717, 1.165) is 29.4 Å². The largest absolute Gasteiger partial charge is 0.456 e. The van der Waals surface area contributed by atoms with E-state index in [-0.39, 0.29) is 18.5 Å². The maximum atomic E-state index is 12.4. The van der Waals surface area contributed by atoms with Crippen molar-refractivity contribution in [2.24, 2.45) is 17.8 Å². The lowest BCUT2D eigenvalue weighted by Gasteiger charge is -2.20. The second kappa shape index (κ2) is 8.01. The number of fused-ring (bicyclic) bond motifs is 2. The van der Waals surface area contributed by atoms with E-state index in [9.17, 15) is 9.59 Å². The minimum atomic E-state index is -0.332. The summed E-state index contributed by atoms with van der Waals surface area (Å²) in [6, 6.07) is 8.05. The van der Waals surface area contributed by atoms with Crippen molar-refractivity contribution in [3.63, 3.8) is 0 Å². The number of nitrogens with zero attached hydrogens (tertiary/aromatic N) is 2. The molecule has 1 heterocycles. The van der Waals surface area contributed by atoms with Gasteiger partial charge in [0.1, 0.15) is 0 Å². The Morgan fingerprint density at radius 2 is 1.90 bits per heavy atom. The molecular formula is C23H29N3O3. The van der Waals surface area contributed by atoms with E-state index in [1.165, 1.54) is 24.8 Å². The zero-order chi connectivity index (χ0) is 20.5. The van der Waals surface area contributed by atoms with Crippen molar-refractivity contribution >= 4 is 17.6 Å². The number of rotatable bonds is 6. The molecule has 0 unspecified atom stereocenters. The highest BCUT2D eigenvalue weighted by Gasteiger charge is 2.40. The highest BCUT2D eigenvalue weighted by Crippen LogP contribution is 2.49.